The molecule has 3 rings (SSSR count). The van der Waals surface area contributed by atoms with Crippen LogP contribution in [0, 0.1) is 17.3 Å². The van der Waals surface area contributed by atoms with Gasteiger partial charge in [0.2, 0.25) is 11.8 Å². The quantitative estimate of drug-likeness (QED) is 0.750. The van der Waals surface area contributed by atoms with Crippen LogP contribution in [-0.2, 0) is 19.4 Å². The fraction of sp³-hybridized carbons (Fsp3) is 0.875. The third-order valence-corrected chi connectivity index (χ3v) is 7.18. The molecule has 0 bridgehead atoms. The van der Waals surface area contributed by atoms with Crippen molar-refractivity contribution < 1.29 is 18.0 Å². The third kappa shape index (κ3) is 3.39. The van der Waals surface area contributed by atoms with Gasteiger partial charge in [-0.2, -0.15) is 0 Å². The molecule has 2 aliphatic heterocycles. The molecule has 0 aromatic rings. The highest BCUT2D eigenvalue weighted by molar-refractivity contribution is 7.91. The summed E-state index contributed by atoms with van der Waals surface area (Å²) in [7, 11) is -2.90. The minimum absolute atomic E-state index is 0.0271. The maximum Gasteiger partial charge on any atom is 0.242 e. The van der Waals surface area contributed by atoms with Crippen molar-refractivity contribution in [3.8, 4) is 0 Å². The van der Waals surface area contributed by atoms with Crippen molar-refractivity contribution in [2.45, 2.75) is 33.1 Å². The number of amides is 2. The molecule has 3 aliphatic rings. The second kappa shape index (κ2) is 5.76. The van der Waals surface area contributed by atoms with Gasteiger partial charge in [-0.3, -0.25) is 9.59 Å². The van der Waals surface area contributed by atoms with Crippen molar-refractivity contribution >= 4 is 21.7 Å². The molecule has 23 heavy (non-hydrogen) atoms. The van der Waals surface area contributed by atoms with E-state index in [-0.39, 0.29) is 41.2 Å². The highest BCUT2D eigenvalue weighted by Gasteiger charge is 2.60. The van der Waals surface area contributed by atoms with Crippen molar-refractivity contribution in [3.63, 3.8) is 0 Å². The van der Waals surface area contributed by atoms with Gasteiger partial charge in [0.05, 0.1) is 18.1 Å². The maximum absolute atomic E-state index is 12.7. The van der Waals surface area contributed by atoms with Crippen LogP contribution in [0.2, 0.25) is 0 Å². The fourth-order valence-corrected chi connectivity index (χ4v) is 5.58. The summed E-state index contributed by atoms with van der Waals surface area (Å²) in [6.07, 6.45) is 2.00. The number of sulfone groups is 1. The van der Waals surface area contributed by atoms with Crippen LogP contribution in [0.1, 0.15) is 33.1 Å². The molecule has 1 atom stereocenters. The predicted octanol–water partition coefficient (Wildman–Crippen LogP) is 0.528. The fourth-order valence-electron chi connectivity index (χ4n) is 3.94. The minimum atomic E-state index is -2.90. The number of hydrogen-bond donors (Lipinski definition) is 0. The van der Waals surface area contributed by atoms with Crippen molar-refractivity contribution in [1.82, 2.24) is 9.80 Å². The Morgan fingerprint density at radius 2 is 1.91 bits per heavy atom. The Kier molecular flexibility index (Phi) is 4.19. The van der Waals surface area contributed by atoms with Crippen molar-refractivity contribution in [2.75, 3.05) is 37.7 Å². The summed E-state index contributed by atoms with van der Waals surface area (Å²) in [6, 6.07) is 0. The Balaban J connectivity index is 1.56. The Bertz CT molecular complexity index is 600. The lowest BCUT2D eigenvalue weighted by molar-refractivity contribution is -0.146. The Morgan fingerprint density at radius 1 is 1.26 bits per heavy atom. The first-order valence-corrected chi connectivity index (χ1v) is 10.3. The summed E-state index contributed by atoms with van der Waals surface area (Å²) >= 11 is 0. The number of carbonyl (C=O) groups is 2. The standard InChI is InChI=1S/C16H26N2O4S/c1-12(2)10-17-5-6-18(11-14(17)19)15(20)13-9-16(13)3-7-23(21,22)8-4-16/h12-13H,3-11H2,1-2H3. The van der Waals surface area contributed by atoms with E-state index in [0.717, 1.165) is 13.0 Å². The predicted molar refractivity (Wildman–Crippen MR) is 86.4 cm³/mol. The number of nitrogens with zero attached hydrogens (tertiary/aromatic N) is 2. The zero-order valence-electron chi connectivity index (χ0n) is 14.0. The Labute approximate surface area is 138 Å². The van der Waals surface area contributed by atoms with E-state index in [9.17, 15) is 18.0 Å². The molecule has 130 valence electrons. The number of hydrogen-bond acceptors (Lipinski definition) is 4. The van der Waals surface area contributed by atoms with Crippen LogP contribution >= 0.6 is 0 Å². The lowest BCUT2D eigenvalue weighted by Crippen LogP contribution is -2.53. The molecule has 2 amide bonds. The van der Waals surface area contributed by atoms with Crippen molar-refractivity contribution in [3.05, 3.63) is 0 Å². The van der Waals surface area contributed by atoms with Crippen LogP contribution in [0.4, 0.5) is 0 Å². The van der Waals surface area contributed by atoms with Gasteiger partial charge in [0.25, 0.3) is 0 Å². The number of carbonyl (C=O) groups excluding carboxylic acids is 2. The summed E-state index contributed by atoms with van der Waals surface area (Å²) in [5.41, 5.74) is -0.0967. The smallest absolute Gasteiger partial charge is 0.242 e. The SMILES string of the molecule is CC(C)CN1CCN(C(=O)C2CC23CCS(=O)(=O)CC3)CC1=O. The van der Waals surface area contributed by atoms with Crippen LogP contribution < -0.4 is 0 Å². The molecule has 2 saturated heterocycles. The lowest BCUT2D eigenvalue weighted by Gasteiger charge is -2.36. The van der Waals surface area contributed by atoms with Gasteiger partial charge in [0, 0.05) is 25.6 Å². The van der Waals surface area contributed by atoms with Gasteiger partial charge < -0.3 is 9.80 Å². The van der Waals surface area contributed by atoms with E-state index in [0.29, 0.717) is 31.8 Å². The lowest BCUT2D eigenvalue weighted by atomic mass is 9.95. The van der Waals surface area contributed by atoms with E-state index in [4.69, 9.17) is 0 Å². The molecule has 2 heterocycles. The van der Waals surface area contributed by atoms with E-state index in [1.807, 2.05) is 4.90 Å². The zero-order chi connectivity index (χ0) is 16.8. The van der Waals surface area contributed by atoms with E-state index in [2.05, 4.69) is 13.8 Å². The van der Waals surface area contributed by atoms with Crippen LogP contribution in [0.3, 0.4) is 0 Å². The van der Waals surface area contributed by atoms with Gasteiger partial charge >= 0.3 is 0 Å². The number of piperazine rings is 1. The molecule has 6 nitrogen and oxygen atoms in total. The van der Waals surface area contributed by atoms with Crippen LogP contribution in [0.5, 0.6) is 0 Å². The molecule has 1 spiro atoms. The molecular formula is C16H26N2O4S. The van der Waals surface area contributed by atoms with Crippen LogP contribution in [-0.4, -0.2) is 67.7 Å². The highest BCUT2D eigenvalue weighted by Crippen LogP contribution is 2.60. The average molecular weight is 342 g/mol. The Hall–Kier alpha value is -1.11. The zero-order valence-corrected chi connectivity index (χ0v) is 14.8. The average Bonchev–Trinajstić information content (AvgIpc) is 3.18. The van der Waals surface area contributed by atoms with Crippen molar-refractivity contribution in [2.24, 2.45) is 17.3 Å². The summed E-state index contributed by atoms with van der Waals surface area (Å²) in [4.78, 5) is 28.4. The second-order valence-electron chi connectivity index (χ2n) is 7.76. The Morgan fingerprint density at radius 3 is 2.48 bits per heavy atom. The first-order chi connectivity index (χ1) is 10.7. The van der Waals surface area contributed by atoms with E-state index < -0.39 is 9.84 Å². The van der Waals surface area contributed by atoms with Gasteiger partial charge in [0.1, 0.15) is 9.84 Å². The van der Waals surface area contributed by atoms with E-state index in [1.54, 1.807) is 4.90 Å². The normalized spacial score (nSPS) is 29.2. The first-order valence-electron chi connectivity index (χ1n) is 8.49. The molecular weight excluding hydrogens is 316 g/mol. The van der Waals surface area contributed by atoms with Crippen molar-refractivity contribution in [1.29, 1.82) is 0 Å². The van der Waals surface area contributed by atoms with Crippen LogP contribution in [0.25, 0.3) is 0 Å². The van der Waals surface area contributed by atoms with E-state index in [1.165, 1.54) is 0 Å². The summed E-state index contributed by atoms with van der Waals surface area (Å²) < 4.78 is 23.1. The summed E-state index contributed by atoms with van der Waals surface area (Å²) in [5.74, 6) is 0.857. The van der Waals surface area contributed by atoms with Gasteiger partial charge in [0.15, 0.2) is 0 Å². The molecule has 0 aromatic carbocycles. The van der Waals surface area contributed by atoms with E-state index >= 15 is 0 Å². The molecule has 3 fully saturated rings. The second-order valence-corrected chi connectivity index (χ2v) is 10.1. The topological polar surface area (TPSA) is 74.8 Å². The molecule has 1 unspecified atom stereocenters. The first kappa shape index (κ1) is 16.7. The monoisotopic (exact) mass is 342 g/mol. The molecule has 1 aliphatic carbocycles. The largest absolute Gasteiger partial charge is 0.339 e. The summed E-state index contributed by atoms with van der Waals surface area (Å²) in [5, 5.41) is 0. The van der Waals surface area contributed by atoms with Gasteiger partial charge in [-0.25, -0.2) is 8.42 Å². The molecule has 7 heteroatoms. The molecule has 0 radical (unpaired) electrons. The van der Waals surface area contributed by atoms with Gasteiger partial charge in [-0.05, 0) is 30.6 Å². The molecule has 1 saturated carbocycles. The molecule has 0 N–H and O–H groups in total. The van der Waals surface area contributed by atoms with Gasteiger partial charge in [-0.1, -0.05) is 13.8 Å². The maximum atomic E-state index is 12.7. The highest BCUT2D eigenvalue weighted by atomic mass is 32.2. The minimum Gasteiger partial charge on any atom is -0.339 e. The van der Waals surface area contributed by atoms with Gasteiger partial charge in [-0.15, -0.1) is 0 Å². The molecule has 0 aromatic heterocycles. The summed E-state index contributed by atoms with van der Waals surface area (Å²) in [6.45, 7) is 6.29. The third-order valence-electron chi connectivity index (χ3n) is 5.53. The van der Waals surface area contributed by atoms with Crippen LogP contribution in [0.15, 0.2) is 0 Å². The number of rotatable bonds is 3.